The maximum absolute atomic E-state index is 11.1. The normalized spacial score (nSPS) is 11.2. The Bertz CT molecular complexity index is 382. The third kappa shape index (κ3) is 2.38. The van der Waals surface area contributed by atoms with Crippen LogP contribution >= 0.6 is 0 Å². The Morgan fingerprint density at radius 3 is 2.19 bits per heavy atom. The van der Waals surface area contributed by atoms with E-state index in [-0.39, 0.29) is 22.4 Å². The molecule has 0 unspecified atom stereocenters. The molecule has 0 aliphatic heterocycles. The van der Waals surface area contributed by atoms with Crippen LogP contribution in [0.25, 0.3) is 0 Å². The predicted octanol–water partition coefficient (Wildman–Crippen LogP) is 3.55. The lowest BCUT2D eigenvalue weighted by molar-refractivity contribution is -0.386. The molecule has 0 saturated carbocycles. The van der Waals surface area contributed by atoms with Gasteiger partial charge in [-0.25, -0.2) is 0 Å². The van der Waals surface area contributed by atoms with Crippen molar-refractivity contribution < 1.29 is 4.92 Å². The highest BCUT2D eigenvalue weighted by molar-refractivity contribution is 5.48. The summed E-state index contributed by atoms with van der Waals surface area (Å²) in [5, 5.41) is 11.1. The summed E-state index contributed by atoms with van der Waals surface area (Å²) < 4.78 is 0. The SMILES string of the molecule is Cc1cc(C(C)C)c([N+](=O)[O-])c(C(C)C)n1. The molecule has 1 aromatic heterocycles. The molecule has 0 spiro atoms. The van der Waals surface area contributed by atoms with Crippen LogP contribution in [0.2, 0.25) is 0 Å². The van der Waals surface area contributed by atoms with E-state index in [2.05, 4.69) is 4.98 Å². The molecular formula is C12H18N2O2. The van der Waals surface area contributed by atoms with Gasteiger partial charge in [-0.15, -0.1) is 0 Å². The summed E-state index contributed by atoms with van der Waals surface area (Å²) in [7, 11) is 0. The van der Waals surface area contributed by atoms with Gasteiger partial charge in [0, 0.05) is 17.2 Å². The molecule has 4 nitrogen and oxygen atoms in total. The molecule has 88 valence electrons. The van der Waals surface area contributed by atoms with Crippen molar-refractivity contribution in [2.75, 3.05) is 0 Å². The smallest absolute Gasteiger partial charge is 0.258 e. The standard InChI is InChI=1S/C12H18N2O2/c1-7(2)10-6-9(5)13-11(8(3)4)12(10)14(15)16/h6-8H,1-5H3. The van der Waals surface area contributed by atoms with Crippen LogP contribution in [-0.4, -0.2) is 9.91 Å². The van der Waals surface area contributed by atoms with E-state index in [1.807, 2.05) is 40.7 Å². The third-order valence-corrected chi connectivity index (χ3v) is 2.53. The lowest BCUT2D eigenvalue weighted by atomic mass is 9.96. The quantitative estimate of drug-likeness (QED) is 0.580. The molecule has 16 heavy (non-hydrogen) atoms. The number of aromatic nitrogens is 1. The average Bonchev–Trinajstić information content (AvgIpc) is 2.15. The Labute approximate surface area is 95.9 Å². The van der Waals surface area contributed by atoms with Crippen LogP contribution in [0.3, 0.4) is 0 Å². The minimum absolute atomic E-state index is 0.0674. The fraction of sp³-hybridized carbons (Fsp3) is 0.583. The second-order valence-electron chi connectivity index (χ2n) is 4.65. The maximum Gasteiger partial charge on any atom is 0.294 e. The Morgan fingerprint density at radius 2 is 1.81 bits per heavy atom. The van der Waals surface area contributed by atoms with Gasteiger partial charge in [0.05, 0.1) is 4.92 Å². The molecule has 0 fully saturated rings. The van der Waals surface area contributed by atoms with Crippen molar-refractivity contribution in [3.8, 4) is 0 Å². The zero-order chi connectivity index (χ0) is 12.5. The largest absolute Gasteiger partial charge is 0.294 e. The van der Waals surface area contributed by atoms with Crippen LogP contribution in [0.1, 0.15) is 56.5 Å². The molecule has 0 atom stereocenters. The van der Waals surface area contributed by atoms with E-state index >= 15 is 0 Å². The van der Waals surface area contributed by atoms with E-state index in [0.29, 0.717) is 5.69 Å². The zero-order valence-electron chi connectivity index (χ0n) is 10.4. The van der Waals surface area contributed by atoms with Crippen molar-refractivity contribution in [1.29, 1.82) is 0 Å². The second kappa shape index (κ2) is 4.60. The van der Waals surface area contributed by atoms with Crippen molar-refractivity contribution in [2.24, 2.45) is 0 Å². The van der Waals surface area contributed by atoms with Crippen molar-refractivity contribution in [3.63, 3.8) is 0 Å². The van der Waals surface area contributed by atoms with Crippen LogP contribution < -0.4 is 0 Å². The van der Waals surface area contributed by atoms with E-state index in [4.69, 9.17) is 0 Å². The molecule has 0 aliphatic rings. The van der Waals surface area contributed by atoms with E-state index in [1.165, 1.54) is 0 Å². The first-order valence-electron chi connectivity index (χ1n) is 5.50. The number of nitro groups is 1. The molecular weight excluding hydrogens is 204 g/mol. The highest BCUT2D eigenvalue weighted by Gasteiger charge is 2.25. The first-order chi connectivity index (χ1) is 7.34. The van der Waals surface area contributed by atoms with Gasteiger partial charge < -0.3 is 0 Å². The van der Waals surface area contributed by atoms with Gasteiger partial charge in [0.2, 0.25) is 0 Å². The molecule has 4 heteroatoms. The van der Waals surface area contributed by atoms with Crippen molar-refractivity contribution in [3.05, 3.63) is 33.1 Å². The number of aryl methyl sites for hydroxylation is 1. The molecule has 0 amide bonds. The Morgan fingerprint density at radius 1 is 1.25 bits per heavy atom. The van der Waals surface area contributed by atoms with Gasteiger partial charge in [-0.05, 0) is 18.9 Å². The number of rotatable bonds is 3. The highest BCUT2D eigenvalue weighted by atomic mass is 16.6. The van der Waals surface area contributed by atoms with Crippen molar-refractivity contribution in [2.45, 2.75) is 46.5 Å². The molecule has 0 saturated heterocycles. The topological polar surface area (TPSA) is 56.0 Å². The summed E-state index contributed by atoms with van der Waals surface area (Å²) in [6, 6.07) is 1.81. The Balaban J connectivity index is 3.54. The van der Waals surface area contributed by atoms with Crippen LogP contribution in [0.15, 0.2) is 6.07 Å². The summed E-state index contributed by atoms with van der Waals surface area (Å²) in [5.74, 6) is 0.206. The minimum atomic E-state index is -0.308. The van der Waals surface area contributed by atoms with Gasteiger partial charge in [0.25, 0.3) is 5.69 Å². The second-order valence-corrected chi connectivity index (χ2v) is 4.65. The minimum Gasteiger partial charge on any atom is -0.258 e. The van der Waals surface area contributed by atoms with E-state index in [0.717, 1.165) is 11.3 Å². The molecule has 1 rings (SSSR count). The first kappa shape index (κ1) is 12.6. The van der Waals surface area contributed by atoms with Gasteiger partial charge >= 0.3 is 0 Å². The Hall–Kier alpha value is -1.45. The fourth-order valence-corrected chi connectivity index (χ4v) is 1.76. The van der Waals surface area contributed by atoms with Crippen LogP contribution in [-0.2, 0) is 0 Å². The average molecular weight is 222 g/mol. The van der Waals surface area contributed by atoms with E-state index in [9.17, 15) is 10.1 Å². The summed E-state index contributed by atoms with van der Waals surface area (Å²) in [5.41, 5.74) is 2.41. The molecule has 0 aliphatic carbocycles. The zero-order valence-corrected chi connectivity index (χ0v) is 10.4. The summed E-state index contributed by atoms with van der Waals surface area (Å²) in [4.78, 5) is 15.1. The van der Waals surface area contributed by atoms with Gasteiger partial charge in [0.1, 0.15) is 5.69 Å². The van der Waals surface area contributed by atoms with Crippen LogP contribution in [0.5, 0.6) is 0 Å². The van der Waals surface area contributed by atoms with Crippen LogP contribution in [0, 0.1) is 17.0 Å². The third-order valence-electron chi connectivity index (χ3n) is 2.53. The predicted molar refractivity (Wildman–Crippen MR) is 63.8 cm³/mol. The number of hydrogen-bond donors (Lipinski definition) is 0. The van der Waals surface area contributed by atoms with Crippen LogP contribution in [0.4, 0.5) is 5.69 Å². The molecule has 1 heterocycles. The summed E-state index contributed by atoms with van der Waals surface area (Å²) in [6.07, 6.45) is 0. The lowest BCUT2D eigenvalue weighted by Crippen LogP contribution is -2.07. The Kier molecular flexibility index (Phi) is 3.62. The molecule has 1 aromatic rings. The van der Waals surface area contributed by atoms with Crippen molar-refractivity contribution >= 4 is 5.69 Å². The summed E-state index contributed by atoms with van der Waals surface area (Å²) >= 11 is 0. The van der Waals surface area contributed by atoms with Gasteiger partial charge in [0.15, 0.2) is 0 Å². The maximum atomic E-state index is 11.1. The van der Waals surface area contributed by atoms with Gasteiger partial charge in [-0.1, -0.05) is 27.7 Å². The monoisotopic (exact) mass is 222 g/mol. The van der Waals surface area contributed by atoms with Gasteiger partial charge in [-0.2, -0.15) is 0 Å². The van der Waals surface area contributed by atoms with E-state index < -0.39 is 0 Å². The van der Waals surface area contributed by atoms with E-state index in [1.54, 1.807) is 0 Å². The number of pyridine rings is 1. The number of nitrogens with zero attached hydrogens (tertiary/aromatic N) is 2. The fourth-order valence-electron chi connectivity index (χ4n) is 1.76. The molecule has 0 aromatic carbocycles. The molecule has 0 radical (unpaired) electrons. The highest BCUT2D eigenvalue weighted by Crippen LogP contribution is 2.33. The number of hydrogen-bond acceptors (Lipinski definition) is 3. The molecule has 0 bridgehead atoms. The van der Waals surface area contributed by atoms with Gasteiger partial charge in [-0.3, -0.25) is 15.1 Å². The first-order valence-corrected chi connectivity index (χ1v) is 5.50. The summed E-state index contributed by atoms with van der Waals surface area (Å²) in [6.45, 7) is 9.66. The molecule has 0 N–H and O–H groups in total. The lowest BCUT2D eigenvalue weighted by Gasteiger charge is -2.13. The van der Waals surface area contributed by atoms with Crippen molar-refractivity contribution in [1.82, 2.24) is 4.98 Å².